The third-order valence-corrected chi connectivity index (χ3v) is 10.9. The maximum Gasteiger partial charge on any atom is 0.123 e. The van der Waals surface area contributed by atoms with E-state index in [1.165, 1.54) is 56.7 Å². The molecule has 0 unspecified atom stereocenters. The first-order valence-corrected chi connectivity index (χ1v) is 18.4. The van der Waals surface area contributed by atoms with Crippen LogP contribution in [-0.4, -0.2) is 4.40 Å². The molecule has 0 saturated heterocycles. The van der Waals surface area contributed by atoms with Gasteiger partial charge in [-0.1, -0.05) is 78.9 Å². The zero-order valence-corrected chi connectivity index (χ0v) is 29.5. The number of rotatable bonds is 6. The molecular weight excluding hydrogens is 681 g/mol. The second-order valence-corrected chi connectivity index (χ2v) is 14.1. The Labute approximate surface area is 315 Å². The monoisotopic (exact) mass is 711 g/mol. The lowest BCUT2D eigenvalue weighted by Crippen LogP contribution is -2.09. The molecule has 5 heteroatoms. The van der Waals surface area contributed by atoms with Crippen molar-refractivity contribution in [2.24, 2.45) is 0 Å². The molecule has 11 aromatic rings. The van der Waals surface area contributed by atoms with Crippen LogP contribution < -0.4 is 9.80 Å². The van der Waals surface area contributed by atoms with Gasteiger partial charge in [0.05, 0.1) is 16.6 Å². The number of fused-ring (bicyclic) bond motifs is 10. The molecule has 2 aromatic heterocycles. The van der Waals surface area contributed by atoms with E-state index in [9.17, 15) is 8.78 Å². The van der Waals surface area contributed by atoms with Crippen LogP contribution in [0.2, 0.25) is 0 Å². The Bertz CT molecular complexity index is 3210. The quantitative estimate of drug-likeness (QED) is 0.170. The minimum absolute atomic E-state index is 0.269. The van der Waals surface area contributed by atoms with E-state index < -0.39 is 0 Å². The number of benzene rings is 9. The summed E-state index contributed by atoms with van der Waals surface area (Å²) in [4.78, 5) is 4.36. The van der Waals surface area contributed by atoms with E-state index in [1.54, 1.807) is 0 Å². The van der Waals surface area contributed by atoms with Crippen LogP contribution in [0, 0.1) is 11.6 Å². The van der Waals surface area contributed by atoms with E-state index in [4.69, 9.17) is 0 Å². The first-order chi connectivity index (χ1) is 27.1. The Balaban J connectivity index is 1.23. The van der Waals surface area contributed by atoms with Crippen molar-refractivity contribution in [3.63, 3.8) is 0 Å². The second-order valence-electron chi connectivity index (χ2n) is 14.1. The molecule has 0 amide bonds. The van der Waals surface area contributed by atoms with E-state index in [-0.39, 0.29) is 11.6 Å². The van der Waals surface area contributed by atoms with E-state index in [2.05, 4.69) is 117 Å². The number of hydrogen-bond acceptors (Lipinski definition) is 2. The number of aromatic nitrogens is 1. The molecule has 0 aliphatic carbocycles. The molecule has 0 N–H and O–H groups in total. The fourth-order valence-corrected chi connectivity index (χ4v) is 8.58. The predicted molar refractivity (Wildman–Crippen MR) is 225 cm³/mol. The lowest BCUT2D eigenvalue weighted by molar-refractivity contribution is 0.627. The van der Waals surface area contributed by atoms with Crippen molar-refractivity contribution in [1.82, 2.24) is 4.40 Å². The molecule has 55 heavy (non-hydrogen) atoms. The van der Waals surface area contributed by atoms with Gasteiger partial charge in [0.2, 0.25) is 0 Å². The van der Waals surface area contributed by atoms with Crippen LogP contribution in [0.3, 0.4) is 0 Å². The van der Waals surface area contributed by atoms with Crippen LogP contribution in [-0.2, 0) is 0 Å². The van der Waals surface area contributed by atoms with Crippen LogP contribution in [0.5, 0.6) is 0 Å². The van der Waals surface area contributed by atoms with Crippen molar-refractivity contribution >= 4 is 93.8 Å². The first-order valence-electron chi connectivity index (χ1n) is 18.4. The van der Waals surface area contributed by atoms with Crippen molar-refractivity contribution < 1.29 is 8.78 Å². The molecule has 0 bridgehead atoms. The molecule has 0 saturated carbocycles. The molecule has 0 fully saturated rings. The van der Waals surface area contributed by atoms with E-state index >= 15 is 0 Å². The highest BCUT2D eigenvalue weighted by Gasteiger charge is 2.24. The Kier molecular flexibility index (Phi) is 6.92. The minimum atomic E-state index is -0.269. The molecule has 0 spiro atoms. The van der Waals surface area contributed by atoms with Gasteiger partial charge in [-0.3, -0.25) is 0 Å². The lowest BCUT2D eigenvalue weighted by atomic mass is 9.96. The molecule has 2 heterocycles. The van der Waals surface area contributed by atoms with Crippen molar-refractivity contribution in [1.29, 1.82) is 0 Å². The number of hydrogen-bond donors (Lipinski definition) is 0. The molecule has 0 atom stereocenters. The predicted octanol–water partition coefficient (Wildman–Crippen LogP) is 14.4. The molecule has 11 rings (SSSR count). The average molecular weight is 712 g/mol. The standard InChI is InChI=1S/C50H31F2N3/c51-34-17-22-38(23-18-34)53(36-10-3-1-4-11-36)40-21-15-33-29-45-43-27-26-41(54(37-12-5-2-6-13-37)39-24-19-35(52)20-25-39)31-47(43)55-46-28-16-32-9-7-8-14-42(32)48(46)49(50(45)55)44(33)30-40/h1-31H. The number of nitrogens with zero attached hydrogens (tertiary/aromatic N) is 3. The zero-order chi connectivity index (χ0) is 36.6. The smallest absolute Gasteiger partial charge is 0.123 e. The van der Waals surface area contributed by atoms with Crippen LogP contribution in [0.25, 0.3) is 59.6 Å². The van der Waals surface area contributed by atoms with Gasteiger partial charge in [0.15, 0.2) is 0 Å². The summed E-state index contributed by atoms with van der Waals surface area (Å²) < 4.78 is 30.8. The van der Waals surface area contributed by atoms with Crippen molar-refractivity contribution in [2.75, 3.05) is 9.80 Å². The van der Waals surface area contributed by atoms with Gasteiger partial charge in [0.1, 0.15) is 11.6 Å². The molecule has 3 nitrogen and oxygen atoms in total. The van der Waals surface area contributed by atoms with Gasteiger partial charge in [0, 0.05) is 55.7 Å². The minimum Gasteiger partial charge on any atom is -0.310 e. The third kappa shape index (κ3) is 4.87. The Morgan fingerprint density at radius 1 is 0.327 bits per heavy atom. The molecule has 9 aromatic carbocycles. The summed E-state index contributed by atoms with van der Waals surface area (Å²) in [6, 6.07) is 62.5. The Morgan fingerprint density at radius 3 is 1.51 bits per heavy atom. The topological polar surface area (TPSA) is 10.9 Å². The summed E-state index contributed by atoms with van der Waals surface area (Å²) in [6.45, 7) is 0. The highest BCUT2D eigenvalue weighted by Crippen LogP contribution is 2.48. The van der Waals surface area contributed by atoms with Crippen LogP contribution in [0.4, 0.5) is 42.9 Å². The SMILES string of the molecule is Fc1ccc(N(c2ccccc2)c2ccc3cc4c5ccc(N(c6ccccc6)c6ccc(F)cc6)cc5n5c6ccc7ccccc7c6c(c3c2)c45)cc1. The summed E-state index contributed by atoms with van der Waals surface area (Å²) in [5.41, 5.74) is 9.09. The first kappa shape index (κ1) is 31.3. The van der Waals surface area contributed by atoms with Gasteiger partial charge in [-0.05, 0) is 131 Å². The van der Waals surface area contributed by atoms with Gasteiger partial charge in [0.25, 0.3) is 0 Å². The van der Waals surface area contributed by atoms with E-state index in [0.717, 1.165) is 61.3 Å². The summed E-state index contributed by atoms with van der Waals surface area (Å²) >= 11 is 0. The van der Waals surface area contributed by atoms with Gasteiger partial charge < -0.3 is 14.2 Å². The largest absolute Gasteiger partial charge is 0.310 e. The normalized spacial score (nSPS) is 11.8. The lowest BCUT2D eigenvalue weighted by Gasteiger charge is -2.26. The number of anilines is 6. The fraction of sp³-hybridized carbons (Fsp3) is 0. The Morgan fingerprint density at radius 2 is 0.855 bits per heavy atom. The maximum atomic E-state index is 14.2. The Hall–Kier alpha value is -7.24. The van der Waals surface area contributed by atoms with Crippen molar-refractivity contribution in [2.45, 2.75) is 0 Å². The van der Waals surface area contributed by atoms with E-state index in [1.807, 2.05) is 60.7 Å². The van der Waals surface area contributed by atoms with Gasteiger partial charge >= 0.3 is 0 Å². The van der Waals surface area contributed by atoms with Crippen LogP contribution in [0.1, 0.15) is 0 Å². The number of halogens is 2. The second kappa shape index (κ2) is 12.2. The summed E-state index contributed by atoms with van der Waals surface area (Å²) in [7, 11) is 0. The van der Waals surface area contributed by atoms with Gasteiger partial charge in [-0.2, -0.15) is 0 Å². The fourth-order valence-electron chi connectivity index (χ4n) is 8.58. The van der Waals surface area contributed by atoms with Crippen LogP contribution >= 0.6 is 0 Å². The molecule has 0 aliphatic rings. The molecule has 0 aliphatic heterocycles. The highest BCUT2D eigenvalue weighted by molar-refractivity contribution is 6.35. The highest BCUT2D eigenvalue weighted by atomic mass is 19.1. The van der Waals surface area contributed by atoms with E-state index in [0.29, 0.717) is 0 Å². The molecular formula is C50H31F2N3. The summed E-state index contributed by atoms with van der Waals surface area (Å²) in [5, 5.41) is 9.41. The maximum absolute atomic E-state index is 14.2. The van der Waals surface area contributed by atoms with Crippen LogP contribution in [0.15, 0.2) is 188 Å². The summed E-state index contributed by atoms with van der Waals surface area (Å²) in [6.07, 6.45) is 0. The molecule has 0 radical (unpaired) electrons. The van der Waals surface area contributed by atoms with Gasteiger partial charge in [-0.15, -0.1) is 0 Å². The van der Waals surface area contributed by atoms with Gasteiger partial charge in [-0.25, -0.2) is 8.78 Å². The van der Waals surface area contributed by atoms with Crippen molar-refractivity contribution in [3.05, 3.63) is 200 Å². The summed E-state index contributed by atoms with van der Waals surface area (Å²) in [5.74, 6) is -0.538. The third-order valence-electron chi connectivity index (χ3n) is 10.9. The molecule has 260 valence electrons. The average Bonchev–Trinajstić information content (AvgIpc) is 3.75. The number of para-hydroxylation sites is 2. The zero-order valence-electron chi connectivity index (χ0n) is 29.5. The van der Waals surface area contributed by atoms with Crippen molar-refractivity contribution in [3.8, 4) is 0 Å².